The predicted molar refractivity (Wildman–Crippen MR) is 77.0 cm³/mol. The van der Waals surface area contributed by atoms with Gasteiger partial charge >= 0.3 is 0 Å². The summed E-state index contributed by atoms with van der Waals surface area (Å²) in [6, 6.07) is 0. The lowest BCUT2D eigenvalue weighted by atomic mass is 9.88. The summed E-state index contributed by atoms with van der Waals surface area (Å²) < 4.78 is 5.79. The summed E-state index contributed by atoms with van der Waals surface area (Å²) in [4.78, 5) is 0. The van der Waals surface area contributed by atoms with Crippen LogP contribution in [0.5, 0.6) is 0 Å². The minimum absolute atomic E-state index is 0.410. The van der Waals surface area contributed by atoms with Gasteiger partial charge in [-0.05, 0) is 44.4 Å². The van der Waals surface area contributed by atoms with Crippen molar-refractivity contribution in [3.63, 3.8) is 0 Å². The molecule has 4 aliphatic rings. The van der Waals surface area contributed by atoms with Crippen LogP contribution in [0.1, 0.15) is 38.5 Å². The summed E-state index contributed by atoms with van der Waals surface area (Å²) >= 11 is 4.25. The van der Waals surface area contributed by atoms with Crippen LogP contribution in [0, 0.1) is 11.8 Å². The van der Waals surface area contributed by atoms with E-state index in [9.17, 15) is 5.11 Å². The Labute approximate surface area is 118 Å². The molecule has 18 heavy (non-hydrogen) atoms. The largest absolute Gasteiger partial charge is 0.368 e. The molecule has 0 bridgehead atoms. The minimum Gasteiger partial charge on any atom is -0.368 e. The molecule has 0 amide bonds. The summed E-state index contributed by atoms with van der Waals surface area (Å²) in [6.45, 7) is 0.794. The monoisotopic (exact) mass is 286 g/mol. The number of aliphatic hydroxyl groups is 1. The molecular weight excluding hydrogens is 264 g/mol. The average molecular weight is 286 g/mol. The van der Waals surface area contributed by atoms with Gasteiger partial charge in [-0.25, -0.2) is 0 Å². The number of ether oxygens (including phenoxy) is 1. The van der Waals surface area contributed by atoms with Crippen molar-refractivity contribution in [3.8, 4) is 0 Å². The molecule has 2 nitrogen and oxygen atoms in total. The van der Waals surface area contributed by atoms with Gasteiger partial charge in [-0.1, -0.05) is 0 Å². The number of fused-ring (bicyclic) bond motifs is 2. The van der Waals surface area contributed by atoms with Crippen LogP contribution in [-0.4, -0.2) is 39.0 Å². The van der Waals surface area contributed by atoms with Gasteiger partial charge in [0.25, 0.3) is 0 Å². The fraction of sp³-hybridized carbons (Fsp3) is 1.00. The molecule has 2 saturated heterocycles. The molecule has 102 valence electrons. The lowest BCUT2D eigenvalue weighted by molar-refractivity contribution is -0.148. The van der Waals surface area contributed by atoms with Crippen LogP contribution >= 0.6 is 23.5 Å². The second-order valence-electron chi connectivity index (χ2n) is 6.40. The summed E-state index contributed by atoms with van der Waals surface area (Å²) in [5, 5.41) is 13.9. The highest BCUT2D eigenvalue weighted by molar-refractivity contribution is 8.07. The number of hydrogen-bond acceptors (Lipinski definition) is 4. The normalized spacial score (nSPS) is 51.2. The maximum Gasteiger partial charge on any atom is 0.157 e. The Hall–Kier alpha value is 0.620. The molecule has 2 aliphatic heterocycles. The van der Waals surface area contributed by atoms with Crippen molar-refractivity contribution in [2.75, 3.05) is 6.61 Å². The first kappa shape index (κ1) is 12.4. The molecule has 0 aromatic heterocycles. The standard InChI is InChI=1S/C14H22O2S2/c15-14(9-2-4-11-13(6-9)18-11)16-7-8-1-3-10-12(5-8)17-10/h8-15H,1-7H2. The van der Waals surface area contributed by atoms with E-state index in [-0.39, 0.29) is 0 Å². The van der Waals surface area contributed by atoms with Gasteiger partial charge in [-0.2, -0.15) is 23.5 Å². The zero-order valence-electron chi connectivity index (χ0n) is 10.7. The van der Waals surface area contributed by atoms with Crippen LogP contribution in [0.15, 0.2) is 0 Å². The van der Waals surface area contributed by atoms with E-state index in [0.29, 0.717) is 11.8 Å². The quantitative estimate of drug-likeness (QED) is 0.636. The van der Waals surface area contributed by atoms with Crippen molar-refractivity contribution in [1.29, 1.82) is 0 Å². The first-order chi connectivity index (χ1) is 8.79. The molecule has 0 radical (unpaired) electrons. The van der Waals surface area contributed by atoms with Crippen LogP contribution in [0.25, 0.3) is 0 Å². The van der Waals surface area contributed by atoms with Crippen LogP contribution in [0.3, 0.4) is 0 Å². The van der Waals surface area contributed by atoms with Crippen molar-refractivity contribution >= 4 is 23.5 Å². The molecule has 7 unspecified atom stereocenters. The molecular formula is C14H22O2S2. The number of aliphatic hydroxyl groups excluding tert-OH is 1. The van der Waals surface area contributed by atoms with Crippen LogP contribution in [0.4, 0.5) is 0 Å². The molecule has 0 aromatic carbocycles. The van der Waals surface area contributed by atoms with Gasteiger partial charge in [0.05, 0.1) is 6.61 Å². The highest BCUT2D eigenvalue weighted by Crippen LogP contribution is 2.54. The molecule has 4 heteroatoms. The molecule has 0 spiro atoms. The fourth-order valence-corrected chi connectivity index (χ4v) is 6.20. The number of thioether (sulfide) groups is 2. The zero-order valence-corrected chi connectivity index (χ0v) is 12.3. The van der Waals surface area contributed by atoms with E-state index in [1.54, 1.807) is 0 Å². The Morgan fingerprint density at radius 1 is 0.944 bits per heavy atom. The maximum atomic E-state index is 10.2. The lowest BCUT2D eigenvalue weighted by Crippen LogP contribution is -2.30. The number of rotatable bonds is 4. The van der Waals surface area contributed by atoms with Gasteiger partial charge in [0, 0.05) is 26.9 Å². The predicted octanol–water partition coefficient (Wildman–Crippen LogP) is 2.89. The molecule has 0 aromatic rings. The second-order valence-corrected chi connectivity index (χ2v) is 9.37. The summed E-state index contributed by atoms with van der Waals surface area (Å²) in [5.74, 6) is 1.12. The third kappa shape index (κ3) is 2.58. The molecule has 4 fully saturated rings. The van der Waals surface area contributed by atoms with Gasteiger partial charge in [-0.15, -0.1) is 0 Å². The van der Waals surface area contributed by atoms with E-state index in [2.05, 4.69) is 23.5 Å². The highest BCUT2D eigenvalue weighted by Gasteiger charge is 2.46. The Morgan fingerprint density at radius 3 is 2.39 bits per heavy atom. The van der Waals surface area contributed by atoms with Crippen molar-refractivity contribution in [2.24, 2.45) is 11.8 Å². The molecule has 2 heterocycles. The van der Waals surface area contributed by atoms with Gasteiger partial charge in [-0.3, -0.25) is 0 Å². The van der Waals surface area contributed by atoms with Crippen molar-refractivity contribution < 1.29 is 9.84 Å². The molecule has 2 aliphatic carbocycles. The third-order valence-electron chi connectivity index (χ3n) is 5.06. The van der Waals surface area contributed by atoms with E-state index in [4.69, 9.17) is 4.74 Å². The first-order valence-corrected chi connectivity index (χ1v) is 9.29. The Bertz CT molecular complexity index is 325. The Balaban J connectivity index is 1.21. The Kier molecular flexibility index (Phi) is 3.34. The first-order valence-electron chi connectivity index (χ1n) is 7.40. The topological polar surface area (TPSA) is 29.5 Å². The van der Waals surface area contributed by atoms with E-state index >= 15 is 0 Å². The van der Waals surface area contributed by atoms with Crippen LogP contribution in [0.2, 0.25) is 0 Å². The zero-order chi connectivity index (χ0) is 12.1. The summed E-state index contributed by atoms with van der Waals surface area (Å²) in [7, 11) is 0. The van der Waals surface area contributed by atoms with Crippen molar-refractivity contribution in [2.45, 2.75) is 65.8 Å². The van der Waals surface area contributed by atoms with Gasteiger partial charge in [0.2, 0.25) is 0 Å². The fourth-order valence-electron chi connectivity index (χ4n) is 3.70. The SMILES string of the molecule is OC(OCC1CCC2SC2C1)C1CCC2SC2C1. The summed E-state index contributed by atoms with van der Waals surface area (Å²) in [6.07, 6.45) is 7.17. The van der Waals surface area contributed by atoms with Crippen molar-refractivity contribution in [1.82, 2.24) is 0 Å². The molecule has 2 saturated carbocycles. The molecule has 4 rings (SSSR count). The van der Waals surface area contributed by atoms with Gasteiger partial charge in [0.1, 0.15) is 0 Å². The van der Waals surface area contributed by atoms with E-state index in [0.717, 1.165) is 27.6 Å². The van der Waals surface area contributed by atoms with E-state index in [1.807, 2.05) is 0 Å². The number of hydrogen-bond donors (Lipinski definition) is 1. The van der Waals surface area contributed by atoms with Crippen molar-refractivity contribution in [3.05, 3.63) is 0 Å². The maximum absolute atomic E-state index is 10.2. The average Bonchev–Trinajstić information content (AvgIpc) is 3.26. The van der Waals surface area contributed by atoms with E-state index < -0.39 is 6.29 Å². The highest BCUT2D eigenvalue weighted by atomic mass is 32.2. The Morgan fingerprint density at radius 2 is 1.67 bits per heavy atom. The third-order valence-corrected chi connectivity index (χ3v) is 8.00. The molecule has 1 N–H and O–H groups in total. The summed E-state index contributed by atoms with van der Waals surface area (Å²) in [5.41, 5.74) is 0. The lowest BCUT2D eigenvalue weighted by Gasteiger charge is -2.28. The minimum atomic E-state index is -0.489. The smallest absolute Gasteiger partial charge is 0.157 e. The molecule has 7 atom stereocenters. The van der Waals surface area contributed by atoms with Crippen LogP contribution in [-0.2, 0) is 4.74 Å². The van der Waals surface area contributed by atoms with Gasteiger partial charge < -0.3 is 9.84 Å². The second kappa shape index (κ2) is 4.87. The van der Waals surface area contributed by atoms with Gasteiger partial charge in [0.15, 0.2) is 6.29 Å². The van der Waals surface area contributed by atoms with E-state index in [1.165, 1.54) is 38.5 Å². The van der Waals surface area contributed by atoms with Crippen LogP contribution < -0.4 is 0 Å².